The van der Waals surface area contributed by atoms with E-state index in [2.05, 4.69) is 22.0 Å². The van der Waals surface area contributed by atoms with Crippen LogP contribution in [0.4, 0.5) is 0 Å². The van der Waals surface area contributed by atoms with E-state index in [1.165, 1.54) is 0 Å². The highest BCUT2D eigenvalue weighted by Gasteiger charge is 2.31. The van der Waals surface area contributed by atoms with E-state index in [4.69, 9.17) is 4.74 Å². The third-order valence-electron chi connectivity index (χ3n) is 7.65. The largest absolute Gasteiger partial charge is 0.492 e. The molecule has 0 aromatic heterocycles. The molecule has 2 saturated heterocycles. The molecule has 0 spiro atoms. The van der Waals surface area contributed by atoms with Gasteiger partial charge in [-0.15, -0.1) is 0 Å². The molecule has 37 heavy (non-hydrogen) atoms. The van der Waals surface area contributed by atoms with Crippen LogP contribution in [0.25, 0.3) is 0 Å². The van der Waals surface area contributed by atoms with Crippen molar-refractivity contribution in [1.29, 1.82) is 0 Å². The number of carboxylic acid groups (broad SMARTS) is 2. The lowest BCUT2D eigenvalue weighted by atomic mass is 9.86. The van der Waals surface area contributed by atoms with E-state index in [0.29, 0.717) is 32.5 Å². The van der Waals surface area contributed by atoms with Gasteiger partial charge in [-0.2, -0.15) is 0 Å². The summed E-state index contributed by atoms with van der Waals surface area (Å²) < 4.78 is 5.92. The minimum Gasteiger partial charge on any atom is -0.492 e. The van der Waals surface area contributed by atoms with Crippen molar-refractivity contribution < 1.29 is 24.5 Å². The van der Waals surface area contributed by atoms with E-state index in [1.807, 2.05) is 42.5 Å². The average molecular weight is 510 g/mol. The van der Waals surface area contributed by atoms with Gasteiger partial charge in [-0.1, -0.05) is 36.4 Å². The molecule has 2 heterocycles. The third kappa shape index (κ3) is 8.02. The maximum absolute atomic E-state index is 11.8. The fourth-order valence-electron chi connectivity index (χ4n) is 5.56. The summed E-state index contributed by atoms with van der Waals surface area (Å²) in [6.45, 7) is 5.15. The van der Waals surface area contributed by atoms with E-state index < -0.39 is 11.9 Å². The van der Waals surface area contributed by atoms with Crippen LogP contribution in [0.1, 0.15) is 29.5 Å². The Kier molecular flexibility index (Phi) is 9.93. The first kappa shape index (κ1) is 27.1. The monoisotopic (exact) mass is 509 g/mol. The summed E-state index contributed by atoms with van der Waals surface area (Å²) in [4.78, 5) is 23.6. The van der Waals surface area contributed by atoms with Gasteiger partial charge in [0.1, 0.15) is 12.4 Å². The lowest BCUT2D eigenvalue weighted by Gasteiger charge is -2.19. The third-order valence-corrected chi connectivity index (χ3v) is 7.65. The Labute approximate surface area is 218 Å². The average Bonchev–Trinajstić information content (AvgIpc) is 3.61. The zero-order chi connectivity index (χ0) is 26.0. The van der Waals surface area contributed by atoms with E-state index >= 15 is 0 Å². The molecule has 0 radical (unpaired) electrons. The number of rotatable bonds is 14. The Balaban J connectivity index is 1.22. The van der Waals surface area contributed by atoms with Gasteiger partial charge in [-0.05, 0) is 92.5 Å². The van der Waals surface area contributed by atoms with Gasteiger partial charge in [0.25, 0.3) is 0 Å². The summed E-state index contributed by atoms with van der Waals surface area (Å²) >= 11 is 0. The maximum atomic E-state index is 11.8. The highest BCUT2D eigenvalue weighted by Crippen LogP contribution is 2.26. The van der Waals surface area contributed by atoms with E-state index in [1.54, 1.807) is 0 Å². The smallest absolute Gasteiger partial charge is 0.307 e. The molecule has 2 aromatic rings. The van der Waals surface area contributed by atoms with E-state index in [9.17, 15) is 19.8 Å². The number of hydrogen-bond acceptors (Lipinski definition) is 6. The van der Waals surface area contributed by atoms with Crippen LogP contribution >= 0.6 is 0 Å². The van der Waals surface area contributed by atoms with Gasteiger partial charge in [0.05, 0.1) is 11.8 Å². The molecule has 2 fully saturated rings. The van der Waals surface area contributed by atoms with Crippen LogP contribution in [-0.4, -0.2) is 61.5 Å². The van der Waals surface area contributed by atoms with Gasteiger partial charge >= 0.3 is 11.9 Å². The Morgan fingerprint density at radius 1 is 0.865 bits per heavy atom. The van der Waals surface area contributed by atoms with E-state index in [0.717, 1.165) is 61.5 Å². The first-order chi connectivity index (χ1) is 18.0. The number of aliphatic carboxylic acids is 2. The highest BCUT2D eigenvalue weighted by molar-refractivity contribution is 5.71. The number of carbonyl (C=O) groups is 2. The first-order valence-corrected chi connectivity index (χ1v) is 13.4. The molecule has 0 saturated carbocycles. The summed E-state index contributed by atoms with van der Waals surface area (Å²) in [5.74, 6) is -1.10. The van der Waals surface area contributed by atoms with Crippen LogP contribution in [0, 0.1) is 23.7 Å². The summed E-state index contributed by atoms with van der Waals surface area (Å²) in [5.41, 5.74) is 3.16. The molecule has 4 rings (SSSR count). The number of hydrogen-bond donors (Lipinski definition) is 5. The molecule has 0 bridgehead atoms. The van der Waals surface area contributed by atoms with Crippen molar-refractivity contribution in [2.24, 2.45) is 23.7 Å². The molecule has 200 valence electrons. The molecule has 0 amide bonds. The van der Waals surface area contributed by atoms with Crippen molar-refractivity contribution in [1.82, 2.24) is 16.0 Å². The highest BCUT2D eigenvalue weighted by atomic mass is 16.5. The zero-order valence-electron chi connectivity index (χ0n) is 21.3. The van der Waals surface area contributed by atoms with Gasteiger partial charge in [-0.3, -0.25) is 9.59 Å². The number of carboxylic acids is 2. The van der Waals surface area contributed by atoms with E-state index in [-0.39, 0.29) is 23.7 Å². The maximum Gasteiger partial charge on any atom is 0.307 e. The second kappa shape index (κ2) is 13.6. The summed E-state index contributed by atoms with van der Waals surface area (Å²) in [5, 5.41) is 29.3. The second-order valence-corrected chi connectivity index (χ2v) is 10.3. The minimum atomic E-state index is -0.734. The number of nitrogens with one attached hydrogen (secondary N) is 3. The fraction of sp³-hybridized carbons (Fsp3) is 0.517. The molecule has 2 aliphatic rings. The number of ether oxygens (including phenoxy) is 1. The Morgan fingerprint density at radius 3 is 2.00 bits per heavy atom. The summed E-state index contributed by atoms with van der Waals surface area (Å²) in [6.07, 6.45) is 2.88. The quantitative estimate of drug-likeness (QED) is 0.247. The van der Waals surface area contributed by atoms with Crippen molar-refractivity contribution in [3.8, 4) is 5.75 Å². The van der Waals surface area contributed by atoms with Crippen LogP contribution in [0.2, 0.25) is 0 Å². The minimum absolute atomic E-state index is 0.166. The summed E-state index contributed by atoms with van der Waals surface area (Å²) in [7, 11) is 0. The number of benzene rings is 2. The van der Waals surface area contributed by atoms with Gasteiger partial charge in [0, 0.05) is 13.1 Å². The topological polar surface area (TPSA) is 120 Å². The molecule has 8 heteroatoms. The van der Waals surface area contributed by atoms with Gasteiger partial charge in [0.2, 0.25) is 0 Å². The molecule has 5 N–H and O–H groups in total. The molecule has 2 aliphatic heterocycles. The molecule has 8 nitrogen and oxygen atoms in total. The lowest BCUT2D eigenvalue weighted by molar-refractivity contribution is -0.144. The molecule has 2 aromatic carbocycles. The lowest BCUT2D eigenvalue weighted by Crippen LogP contribution is -2.27. The normalized spacial score (nSPS) is 21.0. The van der Waals surface area contributed by atoms with Gasteiger partial charge in [0.15, 0.2) is 0 Å². The summed E-state index contributed by atoms with van der Waals surface area (Å²) in [6, 6.07) is 15.9. The molecular weight excluding hydrogens is 470 g/mol. The Morgan fingerprint density at radius 2 is 1.43 bits per heavy atom. The molecule has 0 unspecified atom stereocenters. The predicted molar refractivity (Wildman–Crippen MR) is 142 cm³/mol. The van der Waals surface area contributed by atoms with Gasteiger partial charge < -0.3 is 30.9 Å². The van der Waals surface area contributed by atoms with Crippen molar-refractivity contribution in [3.63, 3.8) is 0 Å². The van der Waals surface area contributed by atoms with Crippen molar-refractivity contribution in [3.05, 3.63) is 65.2 Å². The molecular formula is C29H39N3O5. The van der Waals surface area contributed by atoms with Crippen LogP contribution in [-0.2, 0) is 29.0 Å². The van der Waals surface area contributed by atoms with Crippen LogP contribution in [0.5, 0.6) is 5.75 Å². The fourth-order valence-corrected chi connectivity index (χ4v) is 5.56. The van der Waals surface area contributed by atoms with Crippen molar-refractivity contribution in [2.45, 2.75) is 32.2 Å². The SMILES string of the molecule is O=C(O)[C@@H](Cc1cccc(CNCCOc2cccc(C[C@H](C(=O)O)[C@H]3CCNC3)c2)c1)[C@H]1CCNC1. The standard InChI is InChI=1S/C29H39N3O5/c33-28(34)26(23-7-9-30-18-23)15-20-3-1-5-22(13-20)17-32-11-12-37-25-6-2-4-21(14-25)16-27(29(35)36)24-8-10-31-19-24/h1-6,13-14,23-24,26-27,30-32H,7-12,15-19H2,(H,33,34)(H,35,36)/t23-,24-,26-,27-/m0/s1. The Bertz CT molecular complexity index is 952. The molecule has 0 aliphatic carbocycles. The predicted octanol–water partition coefficient (Wildman–Crippen LogP) is 2.56. The van der Waals surface area contributed by atoms with Crippen molar-refractivity contribution >= 4 is 11.9 Å². The van der Waals surface area contributed by atoms with Crippen LogP contribution in [0.3, 0.4) is 0 Å². The zero-order valence-corrected chi connectivity index (χ0v) is 21.3. The molecule has 4 atom stereocenters. The van der Waals surface area contributed by atoms with Crippen molar-refractivity contribution in [2.75, 3.05) is 39.3 Å². The first-order valence-electron chi connectivity index (χ1n) is 13.4. The second-order valence-electron chi connectivity index (χ2n) is 10.3. The van der Waals surface area contributed by atoms with Crippen LogP contribution < -0.4 is 20.7 Å². The van der Waals surface area contributed by atoms with Gasteiger partial charge in [-0.25, -0.2) is 0 Å². The Hall–Kier alpha value is -2.94. The van der Waals surface area contributed by atoms with Crippen LogP contribution in [0.15, 0.2) is 48.5 Å².